The summed E-state index contributed by atoms with van der Waals surface area (Å²) in [5.74, 6) is 0.706. The van der Waals surface area contributed by atoms with Crippen LogP contribution in [0.15, 0.2) is 12.1 Å². The Bertz CT molecular complexity index is 729. The highest BCUT2D eigenvalue weighted by Gasteiger charge is 2.40. The van der Waals surface area contributed by atoms with Crippen molar-refractivity contribution in [2.75, 3.05) is 6.54 Å². The molecule has 27 heavy (non-hydrogen) atoms. The summed E-state index contributed by atoms with van der Waals surface area (Å²) in [6, 6.07) is 3.72. The lowest BCUT2D eigenvalue weighted by Crippen LogP contribution is -2.45. The number of ether oxygens (including phenoxy) is 1. The number of hydrogen-bond acceptors (Lipinski definition) is 4. The van der Waals surface area contributed by atoms with Crippen LogP contribution in [0, 0.1) is 0 Å². The first-order valence-electron chi connectivity index (χ1n) is 9.52. The minimum Gasteiger partial charge on any atom is -0.543 e. The zero-order valence-electron chi connectivity index (χ0n) is 17.9. The smallest absolute Gasteiger partial charge is 0.410 e. The van der Waals surface area contributed by atoms with E-state index < -0.39 is 13.9 Å². The predicted molar refractivity (Wildman–Crippen MR) is 110 cm³/mol. The second-order valence-electron chi connectivity index (χ2n) is 9.75. The van der Waals surface area contributed by atoms with Crippen molar-refractivity contribution in [2.24, 2.45) is 0 Å². The molecule has 1 heterocycles. The molecule has 0 radical (unpaired) electrons. The van der Waals surface area contributed by atoms with Gasteiger partial charge in [0.2, 0.25) is 0 Å². The normalized spacial score (nSPS) is 15.2. The van der Waals surface area contributed by atoms with Gasteiger partial charge in [0.1, 0.15) is 11.4 Å². The zero-order chi connectivity index (χ0) is 20.6. The van der Waals surface area contributed by atoms with Crippen LogP contribution in [-0.4, -0.2) is 37.7 Å². The molecule has 0 bridgehead atoms. The fraction of sp³-hybridized carbons (Fsp3) is 0.619. The van der Waals surface area contributed by atoms with Crippen molar-refractivity contribution in [2.45, 2.75) is 78.2 Å². The molecule has 0 atom stereocenters. The molecule has 0 fully saturated rings. The van der Waals surface area contributed by atoms with Gasteiger partial charge in [-0.05, 0) is 57.0 Å². The Labute approximate surface area is 164 Å². The maximum Gasteiger partial charge on any atom is 0.410 e. The van der Waals surface area contributed by atoms with Gasteiger partial charge >= 0.3 is 6.09 Å². The van der Waals surface area contributed by atoms with Crippen molar-refractivity contribution in [3.8, 4) is 5.75 Å². The van der Waals surface area contributed by atoms with Gasteiger partial charge in [-0.15, -0.1) is 0 Å². The van der Waals surface area contributed by atoms with Crippen LogP contribution in [-0.2, 0) is 17.7 Å². The molecule has 0 aromatic heterocycles. The van der Waals surface area contributed by atoms with Crippen LogP contribution in [0.4, 0.5) is 4.79 Å². The summed E-state index contributed by atoms with van der Waals surface area (Å²) in [5.41, 5.74) is 2.13. The number of carbonyl (C=O) groups is 2. The zero-order valence-corrected chi connectivity index (χ0v) is 18.9. The lowest BCUT2D eigenvalue weighted by molar-refractivity contribution is 0.0223. The fourth-order valence-corrected chi connectivity index (χ4v) is 3.80. The third-order valence-corrected chi connectivity index (χ3v) is 9.65. The van der Waals surface area contributed by atoms with E-state index in [1.807, 2.05) is 26.8 Å². The summed E-state index contributed by atoms with van der Waals surface area (Å²) >= 11 is 0. The molecular weight excluding hydrogens is 358 g/mol. The summed E-state index contributed by atoms with van der Waals surface area (Å²) < 4.78 is 12.0. The predicted octanol–water partition coefficient (Wildman–Crippen LogP) is 5.18. The fourth-order valence-electron chi connectivity index (χ4n) is 2.74. The molecule has 0 saturated heterocycles. The van der Waals surface area contributed by atoms with Crippen LogP contribution in [0.2, 0.25) is 18.1 Å². The van der Waals surface area contributed by atoms with E-state index in [4.69, 9.17) is 9.16 Å². The number of fused-ring (bicyclic) bond motifs is 1. The van der Waals surface area contributed by atoms with Crippen molar-refractivity contribution in [3.63, 3.8) is 0 Å². The Balaban J connectivity index is 2.34. The van der Waals surface area contributed by atoms with Gasteiger partial charge in [0.15, 0.2) is 6.29 Å². The Kier molecular flexibility index (Phi) is 5.81. The molecule has 1 aromatic rings. The molecule has 2 rings (SSSR count). The summed E-state index contributed by atoms with van der Waals surface area (Å²) in [5, 5.41) is 0.0348. The summed E-state index contributed by atoms with van der Waals surface area (Å²) in [7, 11) is -2.09. The van der Waals surface area contributed by atoms with Crippen LogP contribution in [0.25, 0.3) is 0 Å². The number of benzene rings is 1. The third-order valence-electron chi connectivity index (χ3n) is 5.32. The minimum absolute atomic E-state index is 0.0348. The van der Waals surface area contributed by atoms with Gasteiger partial charge in [-0.25, -0.2) is 4.79 Å². The molecule has 0 unspecified atom stereocenters. The third kappa shape index (κ3) is 4.92. The number of amides is 1. The monoisotopic (exact) mass is 391 g/mol. The second kappa shape index (κ2) is 7.30. The van der Waals surface area contributed by atoms with Gasteiger partial charge in [-0.3, -0.25) is 4.79 Å². The van der Waals surface area contributed by atoms with Crippen molar-refractivity contribution >= 4 is 20.7 Å². The van der Waals surface area contributed by atoms with Gasteiger partial charge in [0.25, 0.3) is 8.32 Å². The minimum atomic E-state index is -2.09. The Morgan fingerprint density at radius 1 is 1.15 bits per heavy atom. The molecule has 5 nitrogen and oxygen atoms in total. The lowest BCUT2D eigenvalue weighted by Gasteiger charge is -2.39. The van der Waals surface area contributed by atoms with Crippen LogP contribution in [0.1, 0.15) is 63.0 Å². The van der Waals surface area contributed by atoms with Gasteiger partial charge in [-0.2, -0.15) is 0 Å². The Hall–Kier alpha value is -1.82. The number of rotatable bonds is 3. The van der Waals surface area contributed by atoms with Gasteiger partial charge < -0.3 is 14.1 Å². The highest BCUT2D eigenvalue weighted by atomic mass is 28.4. The Morgan fingerprint density at radius 3 is 2.30 bits per heavy atom. The number of nitrogens with zero attached hydrogens (tertiary/aromatic N) is 1. The van der Waals surface area contributed by atoms with Crippen LogP contribution >= 0.6 is 0 Å². The standard InChI is InChI=1S/C21H33NO4Si/c1-20(2,3)25-19(24)22-12-11-17-15(13-22)9-10-16(14-23)18(17)26-27(7,8)21(4,5)6/h9-10,14H,11-13H2,1-8H3. The SMILES string of the molecule is CC(C)(C)OC(=O)N1CCc2c(ccc(C=O)c2O[Si](C)(C)C(C)(C)C)C1. The van der Waals surface area contributed by atoms with E-state index in [2.05, 4.69) is 33.9 Å². The molecule has 0 N–H and O–H groups in total. The largest absolute Gasteiger partial charge is 0.543 e. The molecule has 1 aliphatic rings. The average molecular weight is 392 g/mol. The van der Waals surface area contributed by atoms with Crippen molar-refractivity contribution in [1.82, 2.24) is 4.90 Å². The Morgan fingerprint density at radius 2 is 1.78 bits per heavy atom. The van der Waals surface area contributed by atoms with Crippen molar-refractivity contribution in [1.29, 1.82) is 0 Å². The van der Waals surface area contributed by atoms with Crippen LogP contribution in [0.3, 0.4) is 0 Å². The second-order valence-corrected chi connectivity index (χ2v) is 14.5. The molecule has 150 valence electrons. The molecule has 1 amide bonds. The number of carbonyl (C=O) groups excluding carboxylic acids is 2. The maximum atomic E-state index is 12.4. The van der Waals surface area contributed by atoms with E-state index in [0.29, 0.717) is 30.8 Å². The van der Waals surface area contributed by atoms with E-state index in [1.165, 1.54) is 0 Å². The van der Waals surface area contributed by atoms with E-state index in [0.717, 1.165) is 17.4 Å². The van der Waals surface area contributed by atoms with Crippen molar-refractivity contribution in [3.05, 3.63) is 28.8 Å². The molecule has 0 aliphatic carbocycles. The van der Waals surface area contributed by atoms with E-state index in [-0.39, 0.29) is 11.1 Å². The molecule has 0 saturated carbocycles. The molecular formula is C21H33NO4Si. The average Bonchev–Trinajstić information content (AvgIpc) is 2.51. The summed E-state index contributed by atoms with van der Waals surface area (Å²) in [6.45, 7) is 17.5. The van der Waals surface area contributed by atoms with Gasteiger partial charge in [0.05, 0.1) is 5.56 Å². The number of hydrogen-bond donors (Lipinski definition) is 0. The lowest BCUT2D eigenvalue weighted by atomic mass is 9.96. The van der Waals surface area contributed by atoms with E-state index in [1.54, 1.807) is 11.0 Å². The molecule has 0 spiro atoms. The first-order valence-corrected chi connectivity index (χ1v) is 12.4. The van der Waals surface area contributed by atoms with Gasteiger partial charge in [-0.1, -0.05) is 26.8 Å². The quantitative estimate of drug-likeness (QED) is 0.526. The molecule has 6 heteroatoms. The maximum absolute atomic E-state index is 12.4. The van der Waals surface area contributed by atoms with Crippen LogP contribution in [0.5, 0.6) is 5.75 Å². The highest BCUT2D eigenvalue weighted by Crippen LogP contribution is 2.40. The first kappa shape index (κ1) is 21.5. The van der Waals surface area contributed by atoms with Crippen LogP contribution < -0.4 is 4.43 Å². The summed E-state index contributed by atoms with van der Waals surface area (Å²) in [4.78, 5) is 25.8. The summed E-state index contributed by atoms with van der Waals surface area (Å²) in [6.07, 6.45) is 1.21. The molecule has 1 aromatic carbocycles. The van der Waals surface area contributed by atoms with Crippen molar-refractivity contribution < 1.29 is 18.8 Å². The first-order chi connectivity index (χ1) is 12.2. The van der Waals surface area contributed by atoms with E-state index in [9.17, 15) is 9.59 Å². The highest BCUT2D eigenvalue weighted by molar-refractivity contribution is 6.74. The topological polar surface area (TPSA) is 55.8 Å². The number of aldehydes is 1. The molecule has 1 aliphatic heterocycles. The van der Waals surface area contributed by atoms with E-state index >= 15 is 0 Å². The van der Waals surface area contributed by atoms with Gasteiger partial charge in [0, 0.05) is 18.7 Å².